The molecule has 0 bridgehead atoms. The van der Waals surface area contributed by atoms with Crippen molar-refractivity contribution in [1.29, 1.82) is 0 Å². The van der Waals surface area contributed by atoms with Crippen molar-refractivity contribution in [2.75, 3.05) is 26.2 Å². The molecule has 1 amide bonds. The van der Waals surface area contributed by atoms with Crippen molar-refractivity contribution < 1.29 is 35.4 Å². The van der Waals surface area contributed by atoms with Gasteiger partial charge in [0.05, 0.1) is 12.5 Å². The maximum atomic E-state index is 12.7. The lowest BCUT2D eigenvalue weighted by Crippen LogP contribution is -2.72. The number of piperidine rings is 1. The summed E-state index contributed by atoms with van der Waals surface area (Å²) in [7, 11) is 0. The molecule has 2 aliphatic rings. The first kappa shape index (κ1) is 19.6. The summed E-state index contributed by atoms with van der Waals surface area (Å²) in [5.41, 5.74) is -0.935. The number of likely N-dealkylation sites (tertiary alicyclic amines) is 1. The molecular formula is C14H23F3N2O4S. The number of hydrogen-bond donors (Lipinski definition) is 0. The van der Waals surface area contributed by atoms with Crippen molar-refractivity contribution in [2.45, 2.75) is 51.4 Å². The van der Waals surface area contributed by atoms with Gasteiger partial charge in [0.1, 0.15) is 18.2 Å². The fraction of sp³-hybridized carbons (Fsp3) is 0.929. The van der Waals surface area contributed by atoms with Gasteiger partial charge in [-0.15, -0.1) is 0 Å². The second kappa shape index (κ2) is 6.54. The standard InChI is InChI=1S/C14H23F3N2O4S/c1-13(2,3)19(12(20)21)11(9-23-24(19)22)8-18-6-4-10(5-7-18)14(15,16)17/h10-11H,4-9H2,1-3H3/t11-,19?,24?/m0/s1. The Morgan fingerprint density at radius 3 is 2.25 bits per heavy atom. The molecule has 0 saturated carbocycles. The molecule has 10 heteroatoms. The Kier molecular flexibility index (Phi) is 5.35. The van der Waals surface area contributed by atoms with Crippen LogP contribution in [0.5, 0.6) is 0 Å². The molecule has 2 saturated heterocycles. The summed E-state index contributed by atoms with van der Waals surface area (Å²) >= 11 is -2.11. The molecule has 2 fully saturated rings. The molecule has 2 heterocycles. The zero-order chi connectivity index (χ0) is 18.3. The summed E-state index contributed by atoms with van der Waals surface area (Å²) < 4.78 is 54.8. The second-order valence-electron chi connectivity index (χ2n) is 7.37. The minimum absolute atomic E-state index is 0.0129. The Labute approximate surface area is 141 Å². The number of alkyl halides is 3. The fourth-order valence-corrected chi connectivity index (χ4v) is 4.99. The number of halogens is 3. The molecule has 3 atom stereocenters. The van der Waals surface area contributed by atoms with E-state index in [0.29, 0.717) is 0 Å². The van der Waals surface area contributed by atoms with Crippen molar-refractivity contribution in [3.8, 4) is 0 Å². The van der Waals surface area contributed by atoms with Gasteiger partial charge in [-0.2, -0.15) is 21.3 Å². The zero-order valence-corrected chi connectivity index (χ0v) is 14.8. The van der Waals surface area contributed by atoms with E-state index in [1.807, 2.05) is 0 Å². The molecule has 0 aromatic rings. The molecule has 0 aromatic carbocycles. The van der Waals surface area contributed by atoms with E-state index in [4.69, 9.17) is 4.18 Å². The molecule has 24 heavy (non-hydrogen) atoms. The highest BCUT2D eigenvalue weighted by Gasteiger charge is 2.60. The van der Waals surface area contributed by atoms with Crippen molar-refractivity contribution in [1.82, 2.24) is 4.90 Å². The lowest BCUT2D eigenvalue weighted by Gasteiger charge is -2.45. The van der Waals surface area contributed by atoms with Gasteiger partial charge in [-0.05, 0) is 46.7 Å². The summed E-state index contributed by atoms with van der Waals surface area (Å²) in [6, 6.07) is -0.654. The maximum Gasteiger partial charge on any atom is 0.391 e. The van der Waals surface area contributed by atoms with Gasteiger partial charge in [-0.25, -0.2) is 4.18 Å². The molecule has 2 rings (SSSR count). The van der Waals surface area contributed by atoms with Crippen LogP contribution in [0.1, 0.15) is 33.6 Å². The number of carbonyl (C=O) groups excluding carboxylic acids is 1. The highest BCUT2D eigenvalue weighted by Crippen LogP contribution is 2.38. The SMILES string of the molecule is CC(C)(C)[N+]1(C(=O)[O-])[C@@H](CN2CCC(C(F)(F)F)CC2)COS1=O. The molecular weight excluding hydrogens is 349 g/mol. The van der Waals surface area contributed by atoms with Gasteiger partial charge >= 0.3 is 17.4 Å². The third kappa shape index (κ3) is 3.33. The van der Waals surface area contributed by atoms with Crippen LogP contribution in [-0.4, -0.2) is 63.1 Å². The molecule has 2 aliphatic heterocycles. The molecule has 0 aromatic heterocycles. The van der Waals surface area contributed by atoms with Crippen molar-refractivity contribution in [3.05, 3.63) is 0 Å². The summed E-state index contributed by atoms with van der Waals surface area (Å²) in [6.45, 7) is 5.54. The molecule has 0 radical (unpaired) electrons. The van der Waals surface area contributed by atoms with E-state index in [9.17, 15) is 27.3 Å². The quantitative estimate of drug-likeness (QED) is 0.681. The predicted molar refractivity (Wildman–Crippen MR) is 78.5 cm³/mol. The van der Waals surface area contributed by atoms with Gasteiger partial charge in [-0.1, -0.05) is 0 Å². The zero-order valence-electron chi connectivity index (χ0n) is 14.0. The molecule has 0 N–H and O–H groups in total. The topological polar surface area (TPSA) is 69.7 Å². The first-order chi connectivity index (χ1) is 10.9. The molecule has 6 nitrogen and oxygen atoms in total. The Balaban J connectivity index is 2.12. The third-order valence-corrected chi connectivity index (χ3v) is 6.70. The summed E-state index contributed by atoms with van der Waals surface area (Å²) in [4.78, 5) is 13.6. The van der Waals surface area contributed by atoms with E-state index in [0.717, 1.165) is 0 Å². The van der Waals surface area contributed by atoms with Gasteiger partial charge in [0.2, 0.25) is 0 Å². The van der Waals surface area contributed by atoms with Crippen LogP contribution in [0.25, 0.3) is 0 Å². The van der Waals surface area contributed by atoms with E-state index in [-0.39, 0.29) is 39.1 Å². The average Bonchev–Trinajstić information content (AvgIpc) is 2.75. The molecule has 0 spiro atoms. The van der Waals surface area contributed by atoms with Crippen LogP contribution in [0.15, 0.2) is 0 Å². The number of nitrogens with zero attached hydrogens (tertiary/aromatic N) is 2. The average molecular weight is 372 g/mol. The highest BCUT2D eigenvalue weighted by molar-refractivity contribution is 7.74. The van der Waals surface area contributed by atoms with E-state index >= 15 is 0 Å². The fourth-order valence-electron chi connectivity index (χ4n) is 3.61. The van der Waals surface area contributed by atoms with Crippen LogP contribution in [0.4, 0.5) is 18.0 Å². The van der Waals surface area contributed by atoms with Gasteiger partial charge in [0.15, 0.2) is 0 Å². The number of quaternary nitrogens is 1. The summed E-state index contributed by atoms with van der Waals surface area (Å²) in [6.07, 6.45) is -5.71. The Bertz CT molecular complexity index is 515. The summed E-state index contributed by atoms with van der Waals surface area (Å²) in [5, 5.41) is 11.8. The van der Waals surface area contributed by atoms with Gasteiger partial charge in [0.25, 0.3) is 6.09 Å². The Morgan fingerprint density at radius 2 is 1.83 bits per heavy atom. The first-order valence-corrected chi connectivity index (χ1v) is 8.89. The molecule has 0 aliphatic carbocycles. The monoisotopic (exact) mass is 372 g/mol. The number of carbonyl (C=O) groups is 1. The minimum atomic E-state index is -4.19. The van der Waals surface area contributed by atoms with Crippen LogP contribution in [0.3, 0.4) is 0 Å². The lowest BCUT2D eigenvalue weighted by molar-refractivity contribution is -0.820. The maximum absolute atomic E-state index is 12.7. The molecule has 2 unspecified atom stereocenters. The second-order valence-corrected chi connectivity index (χ2v) is 8.61. The number of rotatable bonds is 2. The van der Waals surface area contributed by atoms with Crippen molar-refractivity contribution >= 4 is 17.4 Å². The van der Waals surface area contributed by atoms with Crippen molar-refractivity contribution in [3.63, 3.8) is 0 Å². The van der Waals surface area contributed by atoms with Crippen molar-refractivity contribution in [2.24, 2.45) is 5.92 Å². The molecule has 140 valence electrons. The largest absolute Gasteiger partial charge is 0.497 e. The number of amides is 1. The van der Waals surface area contributed by atoms with E-state index in [1.54, 1.807) is 25.7 Å². The lowest BCUT2D eigenvalue weighted by atomic mass is 9.95. The minimum Gasteiger partial charge on any atom is -0.497 e. The highest BCUT2D eigenvalue weighted by atomic mass is 32.2. The number of carboxylic acid groups (broad SMARTS) is 1. The van der Waals surface area contributed by atoms with E-state index in [1.165, 1.54) is 0 Å². The van der Waals surface area contributed by atoms with Crippen LogP contribution in [0.2, 0.25) is 0 Å². The Morgan fingerprint density at radius 1 is 1.29 bits per heavy atom. The van der Waals surface area contributed by atoms with Gasteiger partial charge in [-0.3, -0.25) is 4.90 Å². The van der Waals surface area contributed by atoms with Crippen LogP contribution in [0, 0.1) is 5.92 Å². The predicted octanol–water partition coefficient (Wildman–Crippen LogP) is 1.20. The summed E-state index contributed by atoms with van der Waals surface area (Å²) in [5.74, 6) is -1.31. The normalized spacial score (nSPS) is 33.8. The van der Waals surface area contributed by atoms with Gasteiger partial charge < -0.3 is 9.90 Å². The Hall–Kier alpha value is -0.710. The van der Waals surface area contributed by atoms with Crippen LogP contribution in [-0.2, 0) is 15.4 Å². The van der Waals surface area contributed by atoms with E-state index in [2.05, 4.69) is 0 Å². The third-order valence-electron chi connectivity index (χ3n) is 4.90. The van der Waals surface area contributed by atoms with Gasteiger partial charge in [0, 0.05) is 0 Å². The smallest absolute Gasteiger partial charge is 0.391 e. The van der Waals surface area contributed by atoms with Crippen LogP contribution < -0.4 is 5.11 Å². The number of hydrogen-bond acceptors (Lipinski definition) is 5. The van der Waals surface area contributed by atoms with Crippen LogP contribution >= 0.6 is 0 Å². The van der Waals surface area contributed by atoms with E-state index < -0.39 is 44.9 Å². The first-order valence-electron chi connectivity index (χ1n) is 7.86.